The number of hydrogen-bond donors (Lipinski definition) is 0. The van der Waals surface area contributed by atoms with Gasteiger partial charge in [0, 0.05) is 5.57 Å². The van der Waals surface area contributed by atoms with Crippen molar-refractivity contribution in [3.63, 3.8) is 0 Å². The highest BCUT2D eigenvalue weighted by atomic mass is 16.5. The molecule has 2 saturated carbocycles. The zero-order valence-corrected chi connectivity index (χ0v) is 15.7. The number of ether oxygens (including phenoxy) is 2. The van der Waals surface area contributed by atoms with E-state index < -0.39 is 5.41 Å². The zero-order chi connectivity index (χ0) is 18.2. The lowest BCUT2D eigenvalue weighted by Crippen LogP contribution is -2.53. The van der Waals surface area contributed by atoms with E-state index in [1.807, 2.05) is 6.08 Å². The van der Waals surface area contributed by atoms with E-state index >= 15 is 0 Å². The molecule has 0 saturated heterocycles. The summed E-state index contributed by atoms with van der Waals surface area (Å²) in [5.74, 6) is 0.397. The van der Waals surface area contributed by atoms with Gasteiger partial charge in [0.05, 0.1) is 12.5 Å². The number of methoxy groups -OCH3 is 1. The molecule has 0 aromatic heterocycles. The van der Waals surface area contributed by atoms with Gasteiger partial charge in [-0.15, -0.1) is 0 Å². The summed E-state index contributed by atoms with van der Waals surface area (Å²) in [6, 6.07) is 0. The van der Waals surface area contributed by atoms with Crippen LogP contribution in [0.3, 0.4) is 0 Å². The number of carbonyl (C=O) groups excluding carboxylic acids is 2. The van der Waals surface area contributed by atoms with Gasteiger partial charge in [-0.05, 0) is 68.8 Å². The first-order valence-corrected chi connectivity index (χ1v) is 9.45. The molecule has 25 heavy (non-hydrogen) atoms. The van der Waals surface area contributed by atoms with Crippen molar-refractivity contribution in [2.24, 2.45) is 22.7 Å². The molecule has 0 unspecified atom stereocenters. The summed E-state index contributed by atoms with van der Waals surface area (Å²) in [4.78, 5) is 24.3. The highest BCUT2D eigenvalue weighted by molar-refractivity contribution is 5.90. The normalized spacial score (nSPS) is 38.0. The van der Waals surface area contributed by atoms with Crippen LogP contribution in [0.5, 0.6) is 0 Å². The molecule has 1 heterocycles. The monoisotopic (exact) mass is 346 g/mol. The molecule has 0 amide bonds. The fourth-order valence-corrected chi connectivity index (χ4v) is 5.86. The van der Waals surface area contributed by atoms with Crippen molar-refractivity contribution < 1.29 is 19.1 Å². The van der Waals surface area contributed by atoms with Gasteiger partial charge < -0.3 is 9.47 Å². The minimum absolute atomic E-state index is 0.0413. The van der Waals surface area contributed by atoms with Gasteiger partial charge in [0.25, 0.3) is 0 Å². The van der Waals surface area contributed by atoms with Crippen LogP contribution in [0.4, 0.5) is 0 Å². The number of hydrogen-bond acceptors (Lipinski definition) is 4. The molecule has 0 aromatic rings. The van der Waals surface area contributed by atoms with Crippen molar-refractivity contribution in [1.29, 1.82) is 0 Å². The Balaban J connectivity index is 1.84. The predicted molar refractivity (Wildman–Crippen MR) is 95.7 cm³/mol. The van der Waals surface area contributed by atoms with E-state index in [-0.39, 0.29) is 17.4 Å². The summed E-state index contributed by atoms with van der Waals surface area (Å²) in [6.45, 7) is 9.17. The van der Waals surface area contributed by atoms with Crippen LogP contribution in [0.15, 0.2) is 23.8 Å². The number of esters is 2. The number of allylic oxidation sites excluding steroid dienone is 1. The fraction of sp³-hybridized carbons (Fsp3) is 0.714. The Hall–Kier alpha value is -1.58. The van der Waals surface area contributed by atoms with E-state index in [0.717, 1.165) is 50.5 Å². The van der Waals surface area contributed by atoms with Crippen LogP contribution in [-0.2, 0) is 19.1 Å². The molecule has 3 aliphatic rings. The number of fused-ring (bicyclic) bond motifs is 1. The Morgan fingerprint density at radius 1 is 1.40 bits per heavy atom. The Labute approximate surface area is 150 Å². The van der Waals surface area contributed by atoms with Crippen LogP contribution in [0, 0.1) is 22.7 Å². The van der Waals surface area contributed by atoms with E-state index in [2.05, 4.69) is 20.4 Å². The quantitative estimate of drug-likeness (QED) is 0.565. The molecule has 0 N–H and O–H groups in total. The van der Waals surface area contributed by atoms with Gasteiger partial charge in [0.2, 0.25) is 0 Å². The summed E-state index contributed by atoms with van der Waals surface area (Å²) in [7, 11) is 1.50. The second-order valence-corrected chi connectivity index (χ2v) is 8.44. The second-order valence-electron chi connectivity index (χ2n) is 8.44. The van der Waals surface area contributed by atoms with Crippen LogP contribution in [0.1, 0.15) is 58.8 Å². The maximum atomic E-state index is 12.6. The second kappa shape index (κ2) is 6.62. The maximum absolute atomic E-state index is 12.6. The first kappa shape index (κ1) is 18.2. The van der Waals surface area contributed by atoms with Crippen LogP contribution < -0.4 is 0 Å². The first-order chi connectivity index (χ1) is 11.8. The lowest BCUT2D eigenvalue weighted by Gasteiger charge is -2.57. The van der Waals surface area contributed by atoms with Crippen LogP contribution in [0.25, 0.3) is 0 Å². The summed E-state index contributed by atoms with van der Waals surface area (Å²) in [6.07, 6.45) is 8.54. The van der Waals surface area contributed by atoms with Crippen LogP contribution in [-0.4, -0.2) is 25.7 Å². The molecule has 2 fully saturated rings. The Kier molecular flexibility index (Phi) is 4.82. The molecule has 0 radical (unpaired) electrons. The van der Waals surface area contributed by atoms with Crippen LogP contribution in [0.2, 0.25) is 0 Å². The summed E-state index contributed by atoms with van der Waals surface area (Å²) >= 11 is 0. The average molecular weight is 346 g/mol. The number of carbonyl (C=O) groups is 2. The molecule has 138 valence electrons. The molecule has 4 nitrogen and oxygen atoms in total. The molecular weight excluding hydrogens is 316 g/mol. The van der Waals surface area contributed by atoms with E-state index in [9.17, 15) is 9.59 Å². The average Bonchev–Trinajstić information content (AvgIpc) is 2.98. The molecule has 3 rings (SSSR count). The number of rotatable bonds is 4. The van der Waals surface area contributed by atoms with Gasteiger partial charge >= 0.3 is 11.9 Å². The van der Waals surface area contributed by atoms with Gasteiger partial charge in [0.15, 0.2) is 0 Å². The van der Waals surface area contributed by atoms with E-state index in [4.69, 9.17) is 9.47 Å². The minimum atomic E-state index is -0.410. The Morgan fingerprint density at radius 3 is 2.80 bits per heavy atom. The number of cyclic esters (lactones) is 1. The third kappa shape index (κ3) is 2.94. The van der Waals surface area contributed by atoms with Gasteiger partial charge in [-0.1, -0.05) is 25.5 Å². The highest BCUT2D eigenvalue weighted by Gasteiger charge is 2.57. The topological polar surface area (TPSA) is 52.6 Å². The van der Waals surface area contributed by atoms with Crippen molar-refractivity contribution in [2.45, 2.75) is 58.8 Å². The van der Waals surface area contributed by atoms with Gasteiger partial charge in [-0.25, -0.2) is 4.79 Å². The van der Waals surface area contributed by atoms with Gasteiger partial charge in [-0.2, -0.15) is 0 Å². The van der Waals surface area contributed by atoms with Crippen molar-refractivity contribution in [1.82, 2.24) is 0 Å². The molecule has 2 aliphatic carbocycles. The molecule has 0 bridgehead atoms. The van der Waals surface area contributed by atoms with Gasteiger partial charge in [0.1, 0.15) is 6.61 Å². The smallest absolute Gasteiger partial charge is 0.334 e. The standard InChI is InChI=1S/C21H30O4/c1-14-6-9-17-20(2,11-5-12-21(17,3)19(23)24-4)16(14)8-7-15-10-13-25-18(15)22/h10,16-17H,1,5-9,11-13H2,2-4H3/t16-,17+,20+,21-/m1/s1. The summed E-state index contributed by atoms with van der Waals surface area (Å²) in [5.41, 5.74) is 1.70. The minimum Gasteiger partial charge on any atom is -0.469 e. The largest absolute Gasteiger partial charge is 0.469 e. The van der Waals surface area contributed by atoms with Crippen molar-refractivity contribution in [3.8, 4) is 0 Å². The maximum Gasteiger partial charge on any atom is 0.334 e. The van der Waals surface area contributed by atoms with E-state index in [1.54, 1.807) is 0 Å². The van der Waals surface area contributed by atoms with Crippen molar-refractivity contribution in [2.75, 3.05) is 13.7 Å². The summed E-state index contributed by atoms with van der Waals surface area (Å²) in [5, 5.41) is 0. The molecule has 4 heteroatoms. The zero-order valence-electron chi connectivity index (χ0n) is 15.7. The predicted octanol–water partition coefficient (Wildman–Crippen LogP) is 4.20. The molecule has 4 atom stereocenters. The van der Waals surface area contributed by atoms with Gasteiger partial charge in [-0.3, -0.25) is 4.79 Å². The molecule has 0 aromatic carbocycles. The third-order valence-corrected chi connectivity index (χ3v) is 7.18. The van der Waals surface area contributed by atoms with Crippen LogP contribution >= 0.6 is 0 Å². The van der Waals surface area contributed by atoms with E-state index in [0.29, 0.717) is 18.4 Å². The molecule has 1 aliphatic heterocycles. The Morgan fingerprint density at radius 2 is 2.16 bits per heavy atom. The fourth-order valence-electron chi connectivity index (χ4n) is 5.86. The van der Waals surface area contributed by atoms with Crippen molar-refractivity contribution in [3.05, 3.63) is 23.8 Å². The van der Waals surface area contributed by atoms with E-state index in [1.165, 1.54) is 12.7 Å². The molecular formula is C21H30O4. The highest BCUT2D eigenvalue weighted by Crippen LogP contribution is 2.62. The SMILES string of the molecule is C=C1CC[C@H]2[C@@](C)(CCC[C@@]2(C)C(=O)OC)[C@@H]1CCC1=CCOC1=O. The van der Waals surface area contributed by atoms with Crippen molar-refractivity contribution >= 4 is 11.9 Å². The Bertz CT molecular complexity index is 619. The first-order valence-electron chi connectivity index (χ1n) is 9.45. The lowest BCUT2D eigenvalue weighted by atomic mass is 9.46. The summed E-state index contributed by atoms with van der Waals surface area (Å²) < 4.78 is 10.2. The third-order valence-electron chi connectivity index (χ3n) is 7.18. The lowest BCUT2D eigenvalue weighted by molar-refractivity contribution is -0.168. The molecule has 0 spiro atoms.